The van der Waals surface area contributed by atoms with E-state index in [0.717, 1.165) is 49.5 Å². The van der Waals surface area contributed by atoms with Crippen LogP contribution in [-0.2, 0) is 0 Å². The summed E-state index contributed by atoms with van der Waals surface area (Å²) in [4.78, 5) is 12.4. The Labute approximate surface area is 240 Å². The number of para-hydroxylation sites is 1. The molecule has 0 amide bonds. The SMILES string of the molecule is CN1CCN(c2ccccc2)c2nc3n(c21)N(C)CCN3c1ccc2cccc(-c3ccc4ccccc4c3)c2c1. The lowest BCUT2D eigenvalue weighted by Crippen LogP contribution is -2.46. The summed E-state index contributed by atoms with van der Waals surface area (Å²) in [6.45, 7) is 3.61. The van der Waals surface area contributed by atoms with Crippen molar-refractivity contribution in [2.24, 2.45) is 0 Å². The minimum atomic E-state index is 0.866. The summed E-state index contributed by atoms with van der Waals surface area (Å²) in [6.07, 6.45) is 0. The van der Waals surface area contributed by atoms with Crippen LogP contribution in [0.1, 0.15) is 0 Å². The molecule has 0 radical (unpaired) electrons. The molecule has 0 bridgehead atoms. The second kappa shape index (κ2) is 9.30. The van der Waals surface area contributed by atoms with Gasteiger partial charge in [-0.2, -0.15) is 4.98 Å². The van der Waals surface area contributed by atoms with Gasteiger partial charge < -0.3 is 19.7 Å². The average Bonchev–Trinajstić information content (AvgIpc) is 3.43. The Kier molecular flexibility index (Phi) is 5.42. The predicted molar refractivity (Wildman–Crippen MR) is 172 cm³/mol. The highest BCUT2D eigenvalue weighted by atomic mass is 15.7. The van der Waals surface area contributed by atoms with Crippen LogP contribution in [0.3, 0.4) is 0 Å². The van der Waals surface area contributed by atoms with E-state index in [1.165, 1.54) is 38.4 Å². The van der Waals surface area contributed by atoms with Gasteiger partial charge in [0, 0.05) is 45.1 Å². The zero-order valence-corrected chi connectivity index (χ0v) is 23.4. The van der Waals surface area contributed by atoms with Crippen molar-refractivity contribution in [2.75, 3.05) is 60.0 Å². The summed E-state index contributed by atoms with van der Waals surface area (Å²) in [6, 6.07) is 39.4. The zero-order valence-electron chi connectivity index (χ0n) is 23.4. The lowest BCUT2D eigenvalue weighted by molar-refractivity contribution is 0.593. The highest BCUT2D eigenvalue weighted by Crippen LogP contribution is 2.43. The Balaban J connectivity index is 1.26. The number of fused-ring (bicyclic) bond motifs is 5. The zero-order chi connectivity index (χ0) is 27.5. The van der Waals surface area contributed by atoms with Crippen LogP contribution in [-0.4, -0.2) is 49.9 Å². The molecule has 5 aromatic carbocycles. The van der Waals surface area contributed by atoms with Gasteiger partial charge in [0.15, 0.2) is 11.6 Å². The summed E-state index contributed by atoms with van der Waals surface area (Å²) in [5, 5.41) is 7.32. The number of nitrogens with zero attached hydrogens (tertiary/aromatic N) is 6. The van der Waals surface area contributed by atoms with Gasteiger partial charge in [0.1, 0.15) is 0 Å². The van der Waals surface area contributed by atoms with E-state index in [9.17, 15) is 0 Å². The third-order valence-electron chi connectivity index (χ3n) is 8.61. The Hall–Kier alpha value is -4.97. The molecular formula is C35H32N6. The Bertz CT molecular complexity index is 1910. The smallest absolute Gasteiger partial charge is 0.233 e. The first-order chi connectivity index (χ1) is 20.2. The van der Waals surface area contributed by atoms with Gasteiger partial charge in [-0.15, -0.1) is 0 Å². The summed E-state index contributed by atoms with van der Waals surface area (Å²) in [5.74, 6) is 3.11. The lowest BCUT2D eigenvalue weighted by atomic mass is 9.96. The Morgan fingerprint density at radius 2 is 1.34 bits per heavy atom. The van der Waals surface area contributed by atoms with Crippen LogP contribution in [0, 0.1) is 0 Å². The van der Waals surface area contributed by atoms with Gasteiger partial charge >= 0.3 is 0 Å². The molecule has 2 aliphatic heterocycles. The summed E-state index contributed by atoms with van der Waals surface area (Å²) in [7, 11) is 4.34. The molecule has 41 heavy (non-hydrogen) atoms. The van der Waals surface area contributed by atoms with Crippen LogP contribution in [0.4, 0.5) is 29.0 Å². The van der Waals surface area contributed by atoms with Crippen molar-refractivity contribution in [1.82, 2.24) is 9.66 Å². The van der Waals surface area contributed by atoms with Gasteiger partial charge in [0.2, 0.25) is 5.95 Å². The average molecular weight is 537 g/mol. The number of hydrogen-bond acceptors (Lipinski definition) is 5. The van der Waals surface area contributed by atoms with E-state index in [0.29, 0.717) is 0 Å². The molecule has 2 aliphatic rings. The summed E-state index contributed by atoms with van der Waals surface area (Å²) >= 11 is 0. The lowest BCUT2D eigenvalue weighted by Gasteiger charge is -2.39. The van der Waals surface area contributed by atoms with Crippen molar-refractivity contribution >= 4 is 50.5 Å². The predicted octanol–water partition coefficient (Wildman–Crippen LogP) is 7.16. The summed E-state index contributed by atoms with van der Waals surface area (Å²) in [5.41, 5.74) is 4.83. The fourth-order valence-corrected chi connectivity index (χ4v) is 6.43. The van der Waals surface area contributed by atoms with E-state index in [1.54, 1.807) is 0 Å². The van der Waals surface area contributed by atoms with Crippen LogP contribution in [0.15, 0.2) is 109 Å². The molecule has 0 aliphatic carbocycles. The van der Waals surface area contributed by atoms with Crippen LogP contribution in [0.2, 0.25) is 0 Å². The second-order valence-electron chi connectivity index (χ2n) is 11.1. The minimum absolute atomic E-state index is 0.866. The van der Waals surface area contributed by atoms with Gasteiger partial charge in [-0.1, -0.05) is 78.9 Å². The van der Waals surface area contributed by atoms with Crippen molar-refractivity contribution in [3.63, 3.8) is 0 Å². The number of hydrogen-bond donors (Lipinski definition) is 0. The third-order valence-corrected chi connectivity index (χ3v) is 8.61. The van der Waals surface area contributed by atoms with Gasteiger partial charge in [0.25, 0.3) is 0 Å². The molecule has 6 aromatic rings. The number of likely N-dealkylation sites (N-methyl/N-ethyl adjacent to an activating group) is 2. The normalized spacial score (nSPS) is 15.0. The largest absolute Gasteiger partial charge is 0.355 e. The topological polar surface area (TPSA) is 30.8 Å². The first-order valence-corrected chi connectivity index (χ1v) is 14.3. The second-order valence-corrected chi connectivity index (χ2v) is 11.1. The molecule has 0 spiro atoms. The number of benzene rings is 5. The van der Waals surface area contributed by atoms with Gasteiger partial charge in [-0.3, -0.25) is 0 Å². The highest BCUT2D eigenvalue weighted by molar-refractivity contribution is 6.01. The first kappa shape index (κ1) is 23.9. The van der Waals surface area contributed by atoms with E-state index in [4.69, 9.17) is 4.98 Å². The molecular weight excluding hydrogens is 504 g/mol. The van der Waals surface area contributed by atoms with E-state index < -0.39 is 0 Å². The molecule has 1 aromatic heterocycles. The van der Waals surface area contributed by atoms with Crippen molar-refractivity contribution in [2.45, 2.75) is 0 Å². The van der Waals surface area contributed by atoms with E-state index in [1.807, 2.05) is 0 Å². The number of aromatic nitrogens is 2. The van der Waals surface area contributed by atoms with Gasteiger partial charge in [0.05, 0.1) is 6.54 Å². The van der Waals surface area contributed by atoms with E-state index in [2.05, 4.69) is 148 Å². The van der Waals surface area contributed by atoms with Crippen molar-refractivity contribution in [3.05, 3.63) is 109 Å². The molecule has 3 heterocycles. The maximum atomic E-state index is 5.33. The molecule has 0 N–H and O–H groups in total. The number of imidazole rings is 1. The maximum absolute atomic E-state index is 5.33. The van der Waals surface area contributed by atoms with Gasteiger partial charge in [-0.25, -0.2) is 4.68 Å². The fourth-order valence-electron chi connectivity index (χ4n) is 6.43. The van der Waals surface area contributed by atoms with Crippen molar-refractivity contribution < 1.29 is 0 Å². The highest BCUT2D eigenvalue weighted by Gasteiger charge is 2.35. The van der Waals surface area contributed by atoms with E-state index >= 15 is 0 Å². The fraction of sp³-hybridized carbons (Fsp3) is 0.171. The number of rotatable bonds is 3. The molecule has 0 saturated carbocycles. The molecule has 6 heteroatoms. The van der Waals surface area contributed by atoms with E-state index in [-0.39, 0.29) is 0 Å². The molecule has 8 rings (SSSR count). The molecule has 0 atom stereocenters. The first-order valence-electron chi connectivity index (χ1n) is 14.3. The number of anilines is 5. The molecule has 6 nitrogen and oxygen atoms in total. The van der Waals surface area contributed by atoms with Crippen LogP contribution in [0.25, 0.3) is 32.7 Å². The molecule has 0 unspecified atom stereocenters. The maximum Gasteiger partial charge on any atom is 0.233 e. The van der Waals surface area contributed by atoms with Crippen LogP contribution in [0.5, 0.6) is 0 Å². The van der Waals surface area contributed by atoms with Crippen molar-refractivity contribution in [3.8, 4) is 11.1 Å². The minimum Gasteiger partial charge on any atom is -0.355 e. The van der Waals surface area contributed by atoms with Crippen LogP contribution >= 0.6 is 0 Å². The van der Waals surface area contributed by atoms with Crippen LogP contribution < -0.4 is 19.7 Å². The van der Waals surface area contributed by atoms with Gasteiger partial charge in [-0.05, 0) is 63.0 Å². The monoisotopic (exact) mass is 536 g/mol. The Morgan fingerprint density at radius 1 is 0.585 bits per heavy atom. The molecule has 202 valence electrons. The Morgan fingerprint density at radius 3 is 2.22 bits per heavy atom. The molecule has 0 fully saturated rings. The third kappa shape index (κ3) is 3.82. The van der Waals surface area contributed by atoms with Crippen molar-refractivity contribution in [1.29, 1.82) is 0 Å². The molecule has 0 saturated heterocycles. The summed E-state index contributed by atoms with van der Waals surface area (Å²) < 4.78 is 2.30. The quantitative estimate of drug-likeness (QED) is 0.239. The standard InChI is InChI=1S/C35H32N6/c1-37-19-21-39(29-12-4-3-5-13-29)33-34(37)41-35(36-33)40(22-20-38(41)2)30-18-17-26-11-8-14-31(32(26)24-30)28-16-15-25-9-6-7-10-27(25)23-28/h3-18,23-24H,19-22H2,1-2H3.